The molecule has 0 aromatic heterocycles. The third kappa shape index (κ3) is 6.05. The molecule has 5 nitrogen and oxygen atoms in total. The number of carbonyl (C=O) groups is 2. The number of amides is 2. The number of hydrogen-bond donors (Lipinski definition) is 2. The molecule has 2 aromatic carbocycles. The van der Waals surface area contributed by atoms with Crippen molar-refractivity contribution in [2.24, 2.45) is 5.73 Å². The van der Waals surface area contributed by atoms with Gasteiger partial charge in [-0.05, 0) is 36.8 Å². The Labute approximate surface area is 165 Å². The zero-order valence-electron chi connectivity index (χ0n) is 13.1. The van der Waals surface area contributed by atoms with E-state index < -0.39 is 28.7 Å². The van der Waals surface area contributed by atoms with E-state index in [0.717, 1.165) is 8.95 Å². The highest BCUT2D eigenvalue weighted by atomic mass is 79.9. The van der Waals surface area contributed by atoms with Gasteiger partial charge in [0.15, 0.2) is 0 Å². The van der Waals surface area contributed by atoms with Crippen LogP contribution in [-0.2, 0) is 15.6 Å². The molecule has 0 unspecified atom stereocenters. The fraction of sp³-hybridized carbons (Fsp3) is 0.176. The summed E-state index contributed by atoms with van der Waals surface area (Å²) in [4.78, 5) is 24.7. The van der Waals surface area contributed by atoms with Gasteiger partial charge in [-0.2, -0.15) is 0 Å². The summed E-state index contributed by atoms with van der Waals surface area (Å²) in [6, 6.07) is 13.1. The molecule has 0 fully saturated rings. The third-order valence-electron chi connectivity index (χ3n) is 3.37. The molecule has 3 N–H and O–H groups in total. The van der Waals surface area contributed by atoms with Crippen molar-refractivity contribution in [3.63, 3.8) is 0 Å². The van der Waals surface area contributed by atoms with E-state index in [9.17, 15) is 13.8 Å². The lowest BCUT2D eigenvalue weighted by Gasteiger charge is -2.15. The SMILES string of the molecule is NC(=O)[C@@H](CC[S@](=O)c1ccccc1)NC(=O)c1cc(Br)cc(Br)c1. The van der Waals surface area contributed by atoms with Crippen LogP contribution in [0.3, 0.4) is 0 Å². The van der Waals surface area contributed by atoms with Crippen molar-refractivity contribution < 1.29 is 13.8 Å². The van der Waals surface area contributed by atoms with Gasteiger partial charge in [0.2, 0.25) is 5.91 Å². The molecule has 0 spiro atoms. The first kappa shape index (κ1) is 19.8. The molecule has 2 rings (SSSR count). The lowest BCUT2D eigenvalue weighted by molar-refractivity contribution is -0.119. The summed E-state index contributed by atoms with van der Waals surface area (Å²) in [5.41, 5.74) is 5.76. The molecule has 0 bridgehead atoms. The minimum absolute atomic E-state index is 0.192. The van der Waals surface area contributed by atoms with Crippen molar-refractivity contribution in [3.8, 4) is 0 Å². The molecular weight excluding hydrogens is 472 g/mol. The quantitative estimate of drug-likeness (QED) is 0.629. The second-order valence-electron chi connectivity index (χ2n) is 5.24. The Morgan fingerprint density at radius 3 is 2.24 bits per heavy atom. The highest BCUT2D eigenvalue weighted by molar-refractivity contribution is 9.11. The number of benzene rings is 2. The Morgan fingerprint density at radius 2 is 1.68 bits per heavy atom. The van der Waals surface area contributed by atoms with Gasteiger partial charge >= 0.3 is 0 Å². The van der Waals surface area contributed by atoms with Crippen LogP contribution < -0.4 is 11.1 Å². The maximum Gasteiger partial charge on any atom is 0.252 e. The Balaban J connectivity index is 2.02. The number of rotatable bonds is 7. The van der Waals surface area contributed by atoms with E-state index in [4.69, 9.17) is 5.73 Å². The second kappa shape index (κ2) is 9.26. The fourth-order valence-electron chi connectivity index (χ4n) is 2.13. The molecular formula is C17H16Br2N2O3S. The van der Waals surface area contributed by atoms with E-state index in [1.54, 1.807) is 42.5 Å². The molecule has 25 heavy (non-hydrogen) atoms. The van der Waals surface area contributed by atoms with Crippen molar-refractivity contribution >= 4 is 54.5 Å². The van der Waals surface area contributed by atoms with Gasteiger partial charge in [-0.1, -0.05) is 50.1 Å². The molecule has 0 aliphatic heterocycles. The van der Waals surface area contributed by atoms with E-state index in [1.165, 1.54) is 0 Å². The molecule has 132 valence electrons. The van der Waals surface area contributed by atoms with Crippen LogP contribution in [0, 0.1) is 0 Å². The zero-order valence-corrected chi connectivity index (χ0v) is 17.1. The summed E-state index contributed by atoms with van der Waals surface area (Å²) in [6.45, 7) is 0. The van der Waals surface area contributed by atoms with E-state index in [0.29, 0.717) is 10.5 Å². The lowest BCUT2D eigenvalue weighted by Crippen LogP contribution is -2.45. The average molecular weight is 488 g/mol. The molecule has 2 amide bonds. The van der Waals surface area contributed by atoms with Crippen LogP contribution in [0.15, 0.2) is 62.4 Å². The highest BCUT2D eigenvalue weighted by Crippen LogP contribution is 2.20. The maximum atomic E-state index is 12.3. The second-order valence-corrected chi connectivity index (χ2v) is 8.64. The van der Waals surface area contributed by atoms with Gasteiger partial charge in [0.25, 0.3) is 5.91 Å². The summed E-state index contributed by atoms with van der Waals surface area (Å²) >= 11 is 6.62. The third-order valence-corrected chi connectivity index (χ3v) is 5.69. The van der Waals surface area contributed by atoms with Gasteiger partial charge in [0.1, 0.15) is 6.04 Å². The van der Waals surface area contributed by atoms with Crippen LogP contribution in [-0.4, -0.2) is 27.8 Å². The number of nitrogens with two attached hydrogens (primary N) is 1. The molecule has 0 aliphatic rings. The number of nitrogens with one attached hydrogen (secondary N) is 1. The van der Waals surface area contributed by atoms with Crippen LogP contribution in [0.2, 0.25) is 0 Å². The molecule has 2 atom stereocenters. The Hall–Kier alpha value is -1.51. The van der Waals surface area contributed by atoms with Crippen molar-refractivity contribution in [3.05, 3.63) is 63.0 Å². The van der Waals surface area contributed by atoms with Gasteiger partial charge < -0.3 is 11.1 Å². The summed E-state index contributed by atoms with van der Waals surface area (Å²) in [5, 5.41) is 2.60. The zero-order chi connectivity index (χ0) is 18.4. The molecule has 0 saturated carbocycles. The summed E-state index contributed by atoms with van der Waals surface area (Å²) < 4.78 is 13.7. The van der Waals surface area contributed by atoms with Crippen LogP contribution in [0.4, 0.5) is 0 Å². The molecule has 0 heterocycles. The molecule has 0 saturated heterocycles. The van der Waals surface area contributed by atoms with Crippen molar-refractivity contribution in [1.82, 2.24) is 5.32 Å². The average Bonchev–Trinajstić information content (AvgIpc) is 2.57. The van der Waals surface area contributed by atoms with E-state index in [1.807, 2.05) is 6.07 Å². The fourth-order valence-corrected chi connectivity index (χ4v) is 4.57. The molecule has 2 aromatic rings. The van der Waals surface area contributed by atoms with Crippen LogP contribution in [0.1, 0.15) is 16.8 Å². The van der Waals surface area contributed by atoms with E-state index in [2.05, 4.69) is 37.2 Å². The van der Waals surface area contributed by atoms with Gasteiger partial charge in [0.05, 0.1) is 10.8 Å². The van der Waals surface area contributed by atoms with Crippen molar-refractivity contribution in [2.75, 3.05) is 5.75 Å². The van der Waals surface area contributed by atoms with Gasteiger partial charge in [-0.3, -0.25) is 13.8 Å². The van der Waals surface area contributed by atoms with Crippen molar-refractivity contribution in [2.45, 2.75) is 17.4 Å². The van der Waals surface area contributed by atoms with Gasteiger partial charge in [-0.25, -0.2) is 0 Å². The topological polar surface area (TPSA) is 89.3 Å². The number of halogens is 2. The smallest absolute Gasteiger partial charge is 0.252 e. The van der Waals surface area contributed by atoms with Crippen LogP contribution in [0.5, 0.6) is 0 Å². The Bertz CT molecular complexity index is 779. The van der Waals surface area contributed by atoms with Crippen LogP contribution in [0.25, 0.3) is 0 Å². The number of primary amides is 1. The van der Waals surface area contributed by atoms with Crippen LogP contribution >= 0.6 is 31.9 Å². The molecule has 0 radical (unpaired) electrons. The molecule has 0 aliphatic carbocycles. The highest BCUT2D eigenvalue weighted by Gasteiger charge is 2.20. The van der Waals surface area contributed by atoms with Crippen molar-refractivity contribution in [1.29, 1.82) is 0 Å². The minimum atomic E-state index is -1.26. The summed E-state index contributed by atoms with van der Waals surface area (Å²) in [5.74, 6) is -0.858. The lowest BCUT2D eigenvalue weighted by atomic mass is 10.1. The normalized spacial score (nSPS) is 13.0. The predicted octanol–water partition coefficient (Wildman–Crippen LogP) is 2.99. The monoisotopic (exact) mass is 486 g/mol. The molecule has 8 heteroatoms. The first-order valence-corrected chi connectivity index (χ1v) is 10.3. The Kier molecular flexibility index (Phi) is 7.34. The summed E-state index contributed by atoms with van der Waals surface area (Å²) in [6.07, 6.45) is 0.192. The maximum absolute atomic E-state index is 12.3. The number of carbonyl (C=O) groups excluding carboxylic acids is 2. The van der Waals surface area contributed by atoms with E-state index >= 15 is 0 Å². The Morgan fingerprint density at radius 1 is 1.08 bits per heavy atom. The van der Waals surface area contributed by atoms with E-state index in [-0.39, 0.29) is 12.2 Å². The predicted molar refractivity (Wildman–Crippen MR) is 105 cm³/mol. The summed E-state index contributed by atoms with van der Waals surface area (Å²) in [7, 11) is -1.26. The first-order valence-electron chi connectivity index (χ1n) is 7.36. The number of hydrogen-bond acceptors (Lipinski definition) is 3. The standard InChI is InChI=1S/C17H16Br2N2O3S/c18-12-8-11(9-13(19)10-12)17(23)21-15(16(20)22)6-7-25(24)14-4-2-1-3-5-14/h1-5,8-10,15H,6-7H2,(H2,20,22)(H,21,23)/t15-,25+/m1/s1. The van der Waals surface area contributed by atoms with Gasteiger partial charge in [-0.15, -0.1) is 0 Å². The minimum Gasteiger partial charge on any atom is -0.368 e. The largest absolute Gasteiger partial charge is 0.368 e. The first-order chi connectivity index (χ1) is 11.9. The van der Waals surface area contributed by atoms with Gasteiger partial charge in [0, 0.05) is 25.2 Å².